The van der Waals surface area contributed by atoms with Crippen molar-refractivity contribution in [2.45, 2.75) is 4.90 Å². The molecule has 1 amide bonds. The van der Waals surface area contributed by atoms with Gasteiger partial charge in [0.2, 0.25) is 10.0 Å². The van der Waals surface area contributed by atoms with Gasteiger partial charge in [0, 0.05) is 24.7 Å². The Morgan fingerprint density at radius 2 is 1.80 bits per heavy atom. The van der Waals surface area contributed by atoms with Crippen LogP contribution in [0.4, 0.5) is 5.69 Å². The number of anilines is 1. The number of amides is 1. The molecule has 0 atom stereocenters. The van der Waals surface area contributed by atoms with Gasteiger partial charge >= 0.3 is 0 Å². The van der Waals surface area contributed by atoms with Crippen molar-refractivity contribution in [3.8, 4) is 5.75 Å². The van der Waals surface area contributed by atoms with Crippen LogP contribution in [0.15, 0.2) is 41.3 Å². The summed E-state index contributed by atoms with van der Waals surface area (Å²) in [6.45, 7) is 0. The number of carbonyl (C=O) groups is 1. The quantitative estimate of drug-likeness (QED) is 0.829. The smallest absolute Gasteiger partial charge is 0.255 e. The molecule has 9 heteroatoms. The molecule has 0 saturated carbocycles. The number of rotatable bonds is 5. The van der Waals surface area contributed by atoms with Crippen LogP contribution < -0.4 is 10.1 Å². The van der Waals surface area contributed by atoms with Gasteiger partial charge in [-0.15, -0.1) is 0 Å². The van der Waals surface area contributed by atoms with Crippen molar-refractivity contribution in [1.82, 2.24) is 4.31 Å². The lowest BCUT2D eigenvalue weighted by atomic mass is 10.2. The molecule has 1 N–H and O–H groups in total. The van der Waals surface area contributed by atoms with Crippen molar-refractivity contribution in [1.29, 1.82) is 0 Å². The first-order valence-electron chi connectivity index (χ1n) is 7.03. The van der Waals surface area contributed by atoms with Crippen LogP contribution >= 0.6 is 23.2 Å². The zero-order chi connectivity index (χ0) is 18.8. The molecule has 25 heavy (non-hydrogen) atoms. The van der Waals surface area contributed by atoms with Crippen molar-refractivity contribution >= 4 is 44.8 Å². The fraction of sp³-hybridized carbons (Fsp3) is 0.188. The maximum atomic E-state index is 12.5. The van der Waals surface area contributed by atoms with E-state index in [1.807, 2.05) is 0 Å². The number of ether oxygens (including phenoxy) is 1. The minimum atomic E-state index is -3.78. The third-order valence-corrected chi connectivity index (χ3v) is 5.76. The molecule has 0 fully saturated rings. The second-order valence-electron chi connectivity index (χ2n) is 5.23. The summed E-state index contributed by atoms with van der Waals surface area (Å²) in [4.78, 5) is 12.4. The van der Waals surface area contributed by atoms with E-state index in [1.165, 1.54) is 45.5 Å². The number of carbonyl (C=O) groups excluding carboxylic acids is 1. The number of hydrogen-bond donors (Lipinski definition) is 1. The van der Waals surface area contributed by atoms with E-state index in [9.17, 15) is 13.2 Å². The Morgan fingerprint density at radius 1 is 1.12 bits per heavy atom. The second-order valence-corrected chi connectivity index (χ2v) is 8.20. The van der Waals surface area contributed by atoms with Crippen molar-refractivity contribution < 1.29 is 17.9 Å². The molecular formula is C16H16Cl2N2O4S. The molecule has 6 nitrogen and oxygen atoms in total. The summed E-state index contributed by atoms with van der Waals surface area (Å²) < 4.78 is 31.0. The number of halogens is 2. The Labute approximate surface area is 156 Å². The monoisotopic (exact) mass is 402 g/mol. The Hall–Kier alpha value is -1.80. The highest BCUT2D eigenvalue weighted by atomic mass is 35.5. The molecule has 2 aromatic rings. The molecule has 0 aliphatic carbocycles. The predicted molar refractivity (Wildman–Crippen MR) is 98.3 cm³/mol. The number of benzene rings is 2. The van der Waals surface area contributed by atoms with Gasteiger partial charge in [-0.3, -0.25) is 4.79 Å². The molecule has 0 saturated heterocycles. The first-order chi connectivity index (χ1) is 11.7. The molecule has 0 heterocycles. The van der Waals surface area contributed by atoms with E-state index in [1.54, 1.807) is 12.1 Å². The first kappa shape index (κ1) is 19.5. The summed E-state index contributed by atoms with van der Waals surface area (Å²) in [5.74, 6) is -0.381. The SMILES string of the molecule is COc1ccc(C(=O)Nc2cc(Cl)ccc2Cl)cc1S(=O)(=O)N(C)C. The lowest BCUT2D eigenvalue weighted by Crippen LogP contribution is -2.23. The molecule has 0 unspecified atom stereocenters. The first-order valence-corrected chi connectivity index (χ1v) is 9.23. The van der Waals surface area contributed by atoms with Gasteiger partial charge in [0.1, 0.15) is 10.6 Å². The van der Waals surface area contributed by atoms with Crippen LogP contribution in [0.5, 0.6) is 5.75 Å². The van der Waals surface area contributed by atoms with E-state index in [4.69, 9.17) is 27.9 Å². The van der Waals surface area contributed by atoms with Crippen molar-refractivity contribution in [3.63, 3.8) is 0 Å². The summed E-state index contributed by atoms with van der Waals surface area (Å²) in [7, 11) is 0.367. The topological polar surface area (TPSA) is 75.7 Å². The van der Waals surface area contributed by atoms with Gasteiger partial charge in [-0.05, 0) is 36.4 Å². The average molecular weight is 403 g/mol. The number of nitrogens with one attached hydrogen (secondary N) is 1. The third-order valence-electron chi connectivity index (χ3n) is 3.36. The lowest BCUT2D eigenvalue weighted by Gasteiger charge is -2.15. The zero-order valence-electron chi connectivity index (χ0n) is 13.7. The van der Waals surface area contributed by atoms with Crippen LogP contribution in [0.25, 0.3) is 0 Å². The Kier molecular flexibility index (Phi) is 5.95. The highest BCUT2D eigenvalue weighted by Gasteiger charge is 2.24. The number of methoxy groups -OCH3 is 1. The van der Waals surface area contributed by atoms with Gasteiger partial charge < -0.3 is 10.1 Å². The highest BCUT2D eigenvalue weighted by molar-refractivity contribution is 7.89. The summed E-state index contributed by atoms with van der Waals surface area (Å²) >= 11 is 11.9. The predicted octanol–water partition coefficient (Wildman–Crippen LogP) is 3.50. The minimum Gasteiger partial charge on any atom is -0.495 e. The van der Waals surface area contributed by atoms with E-state index < -0.39 is 15.9 Å². The summed E-state index contributed by atoms with van der Waals surface area (Å²) in [6.07, 6.45) is 0. The van der Waals surface area contributed by atoms with E-state index >= 15 is 0 Å². The number of sulfonamides is 1. The van der Waals surface area contributed by atoms with Crippen molar-refractivity contribution in [3.05, 3.63) is 52.0 Å². The van der Waals surface area contributed by atoms with Crippen LogP contribution in [-0.2, 0) is 10.0 Å². The molecule has 2 aromatic carbocycles. The van der Waals surface area contributed by atoms with E-state index in [2.05, 4.69) is 5.32 Å². The van der Waals surface area contributed by atoms with Gasteiger partial charge in [-0.1, -0.05) is 23.2 Å². The van der Waals surface area contributed by atoms with Gasteiger partial charge in [0.25, 0.3) is 5.91 Å². The van der Waals surface area contributed by atoms with E-state index in [-0.39, 0.29) is 16.2 Å². The van der Waals surface area contributed by atoms with E-state index in [0.717, 1.165) is 4.31 Å². The minimum absolute atomic E-state index is 0.107. The van der Waals surface area contributed by atoms with Crippen LogP contribution in [-0.4, -0.2) is 39.8 Å². The molecular weight excluding hydrogens is 387 g/mol. The van der Waals surface area contributed by atoms with Crippen molar-refractivity contribution in [2.75, 3.05) is 26.5 Å². The van der Waals surface area contributed by atoms with Crippen molar-refractivity contribution in [2.24, 2.45) is 0 Å². The van der Waals surface area contributed by atoms with Crippen LogP contribution in [0.3, 0.4) is 0 Å². The van der Waals surface area contributed by atoms with Gasteiger partial charge in [0.15, 0.2) is 0 Å². The maximum Gasteiger partial charge on any atom is 0.255 e. The molecule has 0 aliphatic heterocycles. The standard InChI is InChI=1S/C16H16Cl2N2O4S/c1-20(2)25(22,23)15-8-10(4-7-14(15)24-3)16(21)19-13-9-11(17)5-6-12(13)18/h4-9H,1-3H3,(H,19,21). The number of nitrogens with zero attached hydrogens (tertiary/aromatic N) is 1. The van der Waals surface area contributed by atoms with Gasteiger partial charge in [-0.2, -0.15) is 0 Å². The molecule has 0 aliphatic rings. The molecule has 134 valence electrons. The Bertz CT molecular complexity index is 914. The third kappa shape index (κ3) is 4.24. The van der Waals surface area contributed by atoms with Crippen LogP contribution in [0.1, 0.15) is 10.4 Å². The molecule has 0 spiro atoms. The Balaban J connectivity index is 2.43. The normalized spacial score (nSPS) is 11.4. The van der Waals surface area contributed by atoms with Gasteiger partial charge in [0.05, 0.1) is 17.8 Å². The van der Waals surface area contributed by atoms with Crippen LogP contribution in [0, 0.1) is 0 Å². The fourth-order valence-electron chi connectivity index (χ4n) is 2.00. The molecule has 0 aromatic heterocycles. The Morgan fingerprint density at radius 3 is 2.40 bits per heavy atom. The second kappa shape index (κ2) is 7.61. The maximum absolute atomic E-state index is 12.5. The summed E-state index contributed by atoms with van der Waals surface area (Å²) in [5, 5.41) is 3.33. The molecule has 0 bridgehead atoms. The molecule has 0 radical (unpaired) electrons. The van der Waals surface area contributed by atoms with E-state index in [0.29, 0.717) is 15.7 Å². The lowest BCUT2D eigenvalue weighted by molar-refractivity contribution is 0.102. The number of hydrogen-bond acceptors (Lipinski definition) is 4. The zero-order valence-corrected chi connectivity index (χ0v) is 16.0. The summed E-state index contributed by atoms with van der Waals surface area (Å²) in [6, 6.07) is 8.78. The largest absolute Gasteiger partial charge is 0.495 e. The average Bonchev–Trinajstić information content (AvgIpc) is 2.57. The highest BCUT2D eigenvalue weighted by Crippen LogP contribution is 2.29. The molecule has 2 rings (SSSR count). The fourth-order valence-corrected chi connectivity index (χ4v) is 3.42. The van der Waals surface area contributed by atoms with Crippen LogP contribution in [0.2, 0.25) is 10.0 Å². The van der Waals surface area contributed by atoms with Gasteiger partial charge in [-0.25, -0.2) is 12.7 Å². The summed E-state index contributed by atoms with van der Waals surface area (Å²) in [5.41, 5.74) is 0.462.